The minimum absolute atomic E-state index is 0.171. The zero-order chi connectivity index (χ0) is 9.14. The third kappa shape index (κ3) is 1.67. The molecule has 0 aliphatic heterocycles. The van der Waals surface area contributed by atoms with Crippen LogP contribution in [0.15, 0.2) is 12.4 Å². The maximum atomic E-state index is 5.80. The summed E-state index contributed by atoms with van der Waals surface area (Å²) < 4.78 is 2.14. The highest BCUT2D eigenvalue weighted by Gasteiger charge is 2.11. The van der Waals surface area contributed by atoms with Crippen molar-refractivity contribution in [1.29, 1.82) is 0 Å². The SMILES string of the molecule is CCc1nccn1C(C)C(C)N. The molecule has 0 radical (unpaired) electrons. The highest BCUT2D eigenvalue weighted by Crippen LogP contribution is 2.11. The van der Waals surface area contributed by atoms with Gasteiger partial charge in [0.15, 0.2) is 0 Å². The molecule has 0 fully saturated rings. The molecule has 1 rings (SSSR count). The van der Waals surface area contributed by atoms with Gasteiger partial charge < -0.3 is 10.3 Å². The molecule has 0 aliphatic rings. The average molecular weight is 167 g/mol. The Labute approximate surface area is 73.6 Å². The first-order valence-corrected chi connectivity index (χ1v) is 4.44. The number of nitrogens with zero attached hydrogens (tertiary/aromatic N) is 2. The van der Waals surface area contributed by atoms with Gasteiger partial charge in [0.2, 0.25) is 0 Å². The summed E-state index contributed by atoms with van der Waals surface area (Å²) in [4.78, 5) is 4.25. The van der Waals surface area contributed by atoms with Crippen LogP contribution in [0.2, 0.25) is 0 Å². The largest absolute Gasteiger partial charge is 0.331 e. The van der Waals surface area contributed by atoms with Crippen LogP contribution in [-0.4, -0.2) is 15.6 Å². The number of hydrogen-bond acceptors (Lipinski definition) is 2. The van der Waals surface area contributed by atoms with Crippen LogP contribution in [0.3, 0.4) is 0 Å². The first kappa shape index (κ1) is 9.26. The molecule has 0 aliphatic carbocycles. The molecule has 0 saturated heterocycles. The van der Waals surface area contributed by atoms with E-state index in [1.807, 2.05) is 19.3 Å². The quantitative estimate of drug-likeness (QED) is 0.738. The molecule has 0 bridgehead atoms. The summed E-state index contributed by atoms with van der Waals surface area (Å²) in [6, 6.07) is 0.506. The third-order valence-electron chi connectivity index (χ3n) is 2.26. The number of rotatable bonds is 3. The van der Waals surface area contributed by atoms with Gasteiger partial charge in [0.05, 0.1) is 0 Å². The van der Waals surface area contributed by atoms with Crippen LogP contribution in [-0.2, 0) is 6.42 Å². The van der Waals surface area contributed by atoms with Gasteiger partial charge in [0.1, 0.15) is 5.82 Å². The predicted molar refractivity (Wildman–Crippen MR) is 50.0 cm³/mol. The van der Waals surface area contributed by atoms with Crippen molar-refractivity contribution in [3.05, 3.63) is 18.2 Å². The van der Waals surface area contributed by atoms with Crippen molar-refractivity contribution in [1.82, 2.24) is 9.55 Å². The summed E-state index contributed by atoms with van der Waals surface area (Å²) in [5, 5.41) is 0. The third-order valence-corrected chi connectivity index (χ3v) is 2.26. The molecule has 1 aromatic heterocycles. The summed E-state index contributed by atoms with van der Waals surface area (Å²) >= 11 is 0. The van der Waals surface area contributed by atoms with Crippen LogP contribution in [0, 0.1) is 0 Å². The Hall–Kier alpha value is -0.830. The summed E-state index contributed by atoms with van der Waals surface area (Å²) in [5.41, 5.74) is 5.80. The molecule has 1 aromatic rings. The number of aryl methyl sites for hydroxylation is 1. The Morgan fingerprint density at radius 3 is 2.75 bits per heavy atom. The van der Waals surface area contributed by atoms with Gasteiger partial charge in [-0.3, -0.25) is 0 Å². The van der Waals surface area contributed by atoms with E-state index in [-0.39, 0.29) is 6.04 Å². The molecule has 68 valence electrons. The van der Waals surface area contributed by atoms with Crippen LogP contribution < -0.4 is 5.73 Å². The van der Waals surface area contributed by atoms with Gasteiger partial charge in [-0.15, -0.1) is 0 Å². The van der Waals surface area contributed by atoms with Gasteiger partial charge >= 0.3 is 0 Å². The van der Waals surface area contributed by atoms with E-state index in [4.69, 9.17) is 5.73 Å². The normalized spacial score (nSPS) is 16.0. The second-order valence-corrected chi connectivity index (χ2v) is 3.20. The lowest BCUT2D eigenvalue weighted by Gasteiger charge is -2.19. The van der Waals surface area contributed by atoms with Crippen molar-refractivity contribution < 1.29 is 0 Å². The van der Waals surface area contributed by atoms with Gasteiger partial charge in [-0.05, 0) is 13.8 Å². The van der Waals surface area contributed by atoms with Gasteiger partial charge in [-0.1, -0.05) is 6.92 Å². The van der Waals surface area contributed by atoms with E-state index in [2.05, 4.69) is 23.4 Å². The topological polar surface area (TPSA) is 43.8 Å². The highest BCUT2D eigenvalue weighted by molar-refractivity contribution is 4.95. The fourth-order valence-electron chi connectivity index (χ4n) is 1.24. The van der Waals surface area contributed by atoms with E-state index in [1.165, 1.54) is 0 Å². The van der Waals surface area contributed by atoms with Gasteiger partial charge in [0, 0.05) is 30.9 Å². The molecular formula is C9H17N3. The number of hydrogen-bond donors (Lipinski definition) is 1. The highest BCUT2D eigenvalue weighted by atomic mass is 15.1. The fraction of sp³-hybridized carbons (Fsp3) is 0.667. The molecular weight excluding hydrogens is 150 g/mol. The van der Waals surface area contributed by atoms with E-state index in [0.29, 0.717) is 6.04 Å². The summed E-state index contributed by atoms with van der Waals surface area (Å²) in [7, 11) is 0. The van der Waals surface area contributed by atoms with Crippen molar-refractivity contribution in [3.63, 3.8) is 0 Å². The zero-order valence-electron chi connectivity index (χ0n) is 7.99. The zero-order valence-corrected chi connectivity index (χ0v) is 7.99. The van der Waals surface area contributed by atoms with Crippen molar-refractivity contribution in [3.8, 4) is 0 Å². The van der Waals surface area contributed by atoms with Crippen LogP contribution in [0.25, 0.3) is 0 Å². The van der Waals surface area contributed by atoms with Crippen molar-refractivity contribution >= 4 is 0 Å². The molecule has 12 heavy (non-hydrogen) atoms. The van der Waals surface area contributed by atoms with Crippen LogP contribution >= 0.6 is 0 Å². The standard InChI is InChI=1S/C9H17N3/c1-4-9-11-5-6-12(9)8(3)7(2)10/h5-8H,4,10H2,1-3H3. The van der Waals surface area contributed by atoms with Crippen LogP contribution in [0.1, 0.15) is 32.6 Å². The maximum absolute atomic E-state index is 5.80. The average Bonchev–Trinajstić information content (AvgIpc) is 2.49. The molecule has 0 aromatic carbocycles. The lowest BCUT2D eigenvalue weighted by atomic mass is 10.2. The molecule has 3 nitrogen and oxygen atoms in total. The summed E-state index contributed by atoms with van der Waals surface area (Å²) in [6.07, 6.45) is 4.79. The monoisotopic (exact) mass is 167 g/mol. The molecule has 3 heteroatoms. The number of aromatic nitrogens is 2. The Balaban J connectivity index is 2.86. The van der Waals surface area contributed by atoms with Gasteiger partial charge in [0.25, 0.3) is 0 Å². The molecule has 2 unspecified atom stereocenters. The molecule has 0 saturated carbocycles. The summed E-state index contributed by atoms with van der Waals surface area (Å²) in [6.45, 7) is 6.24. The number of imidazole rings is 1. The Kier molecular flexibility index (Phi) is 2.87. The second kappa shape index (κ2) is 3.72. The molecule has 1 heterocycles. The molecule has 2 atom stereocenters. The van der Waals surface area contributed by atoms with E-state index in [9.17, 15) is 0 Å². The molecule has 0 amide bonds. The van der Waals surface area contributed by atoms with E-state index >= 15 is 0 Å². The lowest BCUT2D eigenvalue weighted by Crippen LogP contribution is -2.27. The van der Waals surface area contributed by atoms with E-state index in [1.54, 1.807) is 0 Å². The van der Waals surface area contributed by atoms with E-state index in [0.717, 1.165) is 12.2 Å². The Morgan fingerprint density at radius 1 is 1.58 bits per heavy atom. The molecule has 2 N–H and O–H groups in total. The maximum Gasteiger partial charge on any atom is 0.108 e. The lowest BCUT2D eigenvalue weighted by molar-refractivity contribution is 0.451. The van der Waals surface area contributed by atoms with Crippen LogP contribution in [0.4, 0.5) is 0 Å². The van der Waals surface area contributed by atoms with Gasteiger partial charge in [-0.25, -0.2) is 4.98 Å². The van der Waals surface area contributed by atoms with Crippen LogP contribution in [0.5, 0.6) is 0 Å². The van der Waals surface area contributed by atoms with Gasteiger partial charge in [-0.2, -0.15) is 0 Å². The first-order valence-electron chi connectivity index (χ1n) is 4.44. The van der Waals surface area contributed by atoms with E-state index < -0.39 is 0 Å². The van der Waals surface area contributed by atoms with Crippen molar-refractivity contribution in [2.75, 3.05) is 0 Å². The minimum Gasteiger partial charge on any atom is -0.331 e. The smallest absolute Gasteiger partial charge is 0.108 e. The Bertz CT molecular complexity index is 240. The van der Waals surface area contributed by atoms with Crippen molar-refractivity contribution in [2.45, 2.75) is 39.3 Å². The molecule has 0 spiro atoms. The number of nitrogens with two attached hydrogens (primary N) is 1. The fourth-order valence-corrected chi connectivity index (χ4v) is 1.24. The predicted octanol–water partition coefficient (Wildman–Crippen LogP) is 1.35. The van der Waals surface area contributed by atoms with Crippen molar-refractivity contribution in [2.24, 2.45) is 5.73 Å². The minimum atomic E-state index is 0.171. The second-order valence-electron chi connectivity index (χ2n) is 3.20. The first-order chi connectivity index (χ1) is 5.66. The summed E-state index contributed by atoms with van der Waals surface area (Å²) in [5.74, 6) is 1.11. The Morgan fingerprint density at radius 2 is 2.25 bits per heavy atom.